The molecule has 5 heteroatoms. The van der Waals surface area contributed by atoms with Crippen LogP contribution in [0.5, 0.6) is 0 Å². The van der Waals surface area contributed by atoms with Gasteiger partial charge in [0, 0.05) is 31.2 Å². The van der Waals surface area contributed by atoms with E-state index in [1.54, 1.807) is 6.07 Å². The number of carbonyl (C=O) groups excluding carboxylic acids is 2. The van der Waals surface area contributed by atoms with E-state index < -0.39 is 0 Å². The average molecular weight is 323 g/mol. The van der Waals surface area contributed by atoms with Crippen molar-refractivity contribution in [2.75, 3.05) is 18.4 Å². The van der Waals surface area contributed by atoms with E-state index in [4.69, 9.17) is 0 Å². The summed E-state index contributed by atoms with van der Waals surface area (Å²) < 4.78 is 0. The van der Waals surface area contributed by atoms with Crippen LogP contribution in [-0.2, 0) is 0 Å². The highest BCUT2D eigenvalue weighted by atomic mass is 16.2. The number of likely N-dealkylation sites (tertiary alicyclic amines) is 1. The molecule has 3 rings (SSSR count). The van der Waals surface area contributed by atoms with Crippen LogP contribution in [0.3, 0.4) is 0 Å². The topological polar surface area (TPSA) is 62.3 Å². The molecule has 2 amide bonds. The second-order valence-electron chi connectivity index (χ2n) is 6.23. The molecule has 0 bridgehead atoms. The highest BCUT2D eigenvalue weighted by Gasteiger charge is 2.20. The molecule has 0 saturated carbocycles. The first kappa shape index (κ1) is 16.2. The molecular weight excluding hydrogens is 302 g/mol. The van der Waals surface area contributed by atoms with Gasteiger partial charge >= 0.3 is 0 Å². The van der Waals surface area contributed by atoms with Gasteiger partial charge in [-0.15, -0.1) is 0 Å². The molecule has 1 aromatic carbocycles. The predicted octanol–water partition coefficient (Wildman–Crippen LogP) is 3.19. The quantitative estimate of drug-likeness (QED) is 0.943. The third-order valence-electron chi connectivity index (χ3n) is 4.27. The Morgan fingerprint density at radius 2 is 1.75 bits per heavy atom. The van der Waals surface area contributed by atoms with Crippen LogP contribution in [-0.4, -0.2) is 34.8 Å². The van der Waals surface area contributed by atoms with Crippen molar-refractivity contribution < 1.29 is 9.59 Å². The number of aromatic nitrogens is 1. The summed E-state index contributed by atoms with van der Waals surface area (Å²) in [5.74, 6) is -0.313. The molecule has 1 aliphatic rings. The maximum Gasteiger partial charge on any atom is 0.257 e. The Morgan fingerprint density at radius 3 is 2.46 bits per heavy atom. The number of hydrogen-bond donors (Lipinski definition) is 1. The zero-order chi connectivity index (χ0) is 17.1. The number of nitrogens with one attached hydrogen (secondary N) is 1. The zero-order valence-corrected chi connectivity index (χ0v) is 14.0. The van der Waals surface area contributed by atoms with E-state index in [0.29, 0.717) is 11.1 Å². The van der Waals surface area contributed by atoms with Crippen molar-refractivity contribution in [1.29, 1.82) is 0 Å². The van der Waals surface area contributed by atoms with Crippen LogP contribution in [0.15, 0.2) is 36.7 Å². The Kier molecular flexibility index (Phi) is 4.60. The van der Waals surface area contributed by atoms with Crippen molar-refractivity contribution in [3.05, 3.63) is 58.9 Å². The van der Waals surface area contributed by atoms with E-state index in [-0.39, 0.29) is 11.8 Å². The minimum Gasteiger partial charge on any atom is -0.339 e. The first-order valence-corrected chi connectivity index (χ1v) is 8.17. The zero-order valence-electron chi connectivity index (χ0n) is 14.0. The number of pyridine rings is 1. The Hall–Kier alpha value is -2.69. The number of amides is 2. The van der Waals surface area contributed by atoms with Gasteiger partial charge in [-0.3, -0.25) is 14.6 Å². The molecule has 2 heterocycles. The van der Waals surface area contributed by atoms with Crippen LogP contribution in [0.2, 0.25) is 0 Å². The third-order valence-corrected chi connectivity index (χ3v) is 4.27. The van der Waals surface area contributed by atoms with Crippen molar-refractivity contribution in [1.82, 2.24) is 9.88 Å². The second kappa shape index (κ2) is 6.83. The van der Waals surface area contributed by atoms with Gasteiger partial charge in [-0.25, -0.2) is 0 Å². The van der Waals surface area contributed by atoms with Gasteiger partial charge in [0.05, 0.1) is 11.1 Å². The average Bonchev–Trinajstić information content (AvgIpc) is 3.11. The lowest BCUT2D eigenvalue weighted by atomic mass is 10.1. The van der Waals surface area contributed by atoms with Crippen LogP contribution in [0, 0.1) is 13.8 Å². The summed E-state index contributed by atoms with van der Waals surface area (Å²) in [6, 6.07) is 7.47. The smallest absolute Gasteiger partial charge is 0.257 e. The third kappa shape index (κ3) is 3.45. The molecule has 0 atom stereocenters. The number of rotatable bonds is 3. The van der Waals surface area contributed by atoms with Gasteiger partial charge in [-0.2, -0.15) is 0 Å². The maximum absolute atomic E-state index is 12.5. The molecule has 124 valence electrons. The number of nitrogens with zero attached hydrogens (tertiary/aromatic N) is 2. The van der Waals surface area contributed by atoms with Crippen molar-refractivity contribution in [3.8, 4) is 0 Å². The highest BCUT2D eigenvalue weighted by molar-refractivity contribution is 6.06. The van der Waals surface area contributed by atoms with Gasteiger partial charge in [-0.05, 0) is 44.4 Å². The van der Waals surface area contributed by atoms with Crippen molar-refractivity contribution in [2.24, 2.45) is 0 Å². The lowest BCUT2D eigenvalue weighted by Crippen LogP contribution is -2.28. The van der Waals surface area contributed by atoms with Crippen LogP contribution in [0.4, 0.5) is 5.69 Å². The summed E-state index contributed by atoms with van der Waals surface area (Å²) in [4.78, 5) is 30.8. The fourth-order valence-corrected chi connectivity index (χ4v) is 2.93. The molecule has 1 fully saturated rings. The molecule has 24 heavy (non-hydrogen) atoms. The van der Waals surface area contributed by atoms with E-state index in [1.807, 2.05) is 36.9 Å². The summed E-state index contributed by atoms with van der Waals surface area (Å²) in [5.41, 5.74) is 3.76. The second-order valence-corrected chi connectivity index (χ2v) is 6.23. The van der Waals surface area contributed by atoms with Gasteiger partial charge in [0.15, 0.2) is 0 Å². The number of aryl methyl sites for hydroxylation is 2. The molecule has 1 aliphatic heterocycles. The first-order valence-electron chi connectivity index (χ1n) is 8.17. The van der Waals surface area contributed by atoms with Gasteiger partial charge in [0.2, 0.25) is 0 Å². The summed E-state index contributed by atoms with van der Waals surface area (Å²) in [6.45, 7) is 5.51. The minimum atomic E-state index is -0.259. The molecule has 0 radical (unpaired) electrons. The lowest BCUT2D eigenvalue weighted by Gasteiger charge is -2.15. The van der Waals surface area contributed by atoms with E-state index in [9.17, 15) is 9.59 Å². The summed E-state index contributed by atoms with van der Waals surface area (Å²) in [7, 11) is 0. The summed E-state index contributed by atoms with van der Waals surface area (Å²) in [6.07, 6.45) is 5.08. The number of benzene rings is 1. The Bertz CT molecular complexity index is 780. The molecule has 1 aromatic heterocycles. The van der Waals surface area contributed by atoms with Gasteiger partial charge in [0.25, 0.3) is 11.8 Å². The van der Waals surface area contributed by atoms with Crippen molar-refractivity contribution in [2.45, 2.75) is 26.7 Å². The van der Waals surface area contributed by atoms with Gasteiger partial charge < -0.3 is 10.2 Å². The largest absolute Gasteiger partial charge is 0.339 e. The number of anilines is 1. The normalized spacial score (nSPS) is 13.8. The van der Waals surface area contributed by atoms with E-state index >= 15 is 0 Å². The van der Waals surface area contributed by atoms with Crippen molar-refractivity contribution in [3.63, 3.8) is 0 Å². The van der Waals surface area contributed by atoms with E-state index in [1.165, 1.54) is 12.4 Å². The van der Waals surface area contributed by atoms with Gasteiger partial charge in [0.1, 0.15) is 0 Å². The fourth-order valence-electron chi connectivity index (χ4n) is 2.93. The van der Waals surface area contributed by atoms with Crippen molar-refractivity contribution >= 4 is 17.5 Å². The Balaban J connectivity index is 1.77. The van der Waals surface area contributed by atoms with Gasteiger partial charge in [-0.1, -0.05) is 17.7 Å². The SMILES string of the molecule is Cc1ccc(NC(=O)c2cncc(C(=O)N3CCCC3)c2)c(C)c1. The molecule has 0 spiro atoms. The van der Waals surface area contributed by atoms with E-state index in [0.717, 1.165) is 42.7 Å². The molecule has 5 nitrogen and oxygen atoms in total. The first-order chi connectivity index (χ1) is 11.5. The van der Waals surface area contributed by atoms with Crippen LogP contribution in [0.1, 0.15) is 44.7 Å². The molecule has 0 aliphatic carbocycles. The maximum atomic E-state index is 12.5. The van der Waals surface area contributed by atoms with Crippen LogP contribution >= 0.6 is 0 Å². The number of hydrogen-bond acceptors (Lipinski definition) is 3. The standard InChI is InChI=1S/C19H21N3O2/c1-13-5-6-17(14(2)9-13)21-18(23)15-10-16(12-20-11-15)19(24)22-7-3-4-8-22/h5-6,9-12H,3-4,7-8H2,1-2H3,(H,21,23). The summed E-state index contributed by atoms with van der Waals surface area (Å²) in [5, 5.41) is 2.89. The molecule has 1 saturated heterocycles. The molecule has 1 N–H and O–H groups in total. The van der Waals surface area contributed by atoms with Crippen LogP contribution < -0.4 is 5.32 Å². The molecule has 2 aromatic rings. The predicted molar refractivity (Wildman–Crippen MR) is 93.2 cm³/mol. The van der Waals surface area contributed by atoms with E-state index in [2.05, 4.69) is 10.3 Å². The Labute approximate surface area is 141 Å². The molecule has 0 unspecified atom stereocenters. The Morgan fingerprint density at radius 1 is 1.04 bits per heavy atom. The minimum absolute atomic E-state index is 0.0545. The monoisotopic (exact) mass is 323 g/mol. The fraction of sp³-hybridized carbons (Fsp3) is 0.316. The molecular formula is C19H21N3O2. The highest BCUT2D eigenvalue weighted by Crippen LogP contribution is 2.18. The lowest BCUT2D eigenvalue weighted by molar-refractivity contribution is 0.0792. The number of carbonyl (C=O) groups is 2. The summed E-state index contributed by atoms with van der Waals surface area (Å²) >= 11 is 0. The van der Waals surface area contributed by atoms with Crippen LogP contribution in [0.25, 0.3) is 0 Å².